The molecule has 0 spiro atoms. The third kappa shape index (κ3) is 3.11. The van der Waals surface area contributed by atoms with Crippen molar-refractivity contribution in [1.29, 1.82) is 0 Å². The smallest absolute Gasteiger partial charge is 0.289 e. The Labute approximate surface area is 115 Å². The first-order valence-electron chi connectivity index (χ1n) is 5.97. The van der Waals surface area contributed by atoms with Crippen LogP contribution in [-0.2, 0) is 6.42 Å². The zero-order valence-corrected chi connectivity index (χ0v) is 10.7. The number of amides is 1. The fourth-order valence-electron chi connectivity index (χ4n) is 1.64. The van der Waals surface area contributed by atoms with Crippen LogP contribution in [0, 0.1) is 0 Å². The molecule has 6 heteroatoms. The predicted octanol–water partition coefficient (Wildman–Crippen LogP) is 1.61. The summed E-state index contributed by atoms with van der Waals surface area (Å²) in [6.07, 6.45) is 5.13. The molecule has 0 fully saturated rings. The lowest BCUT2D eigenvalue weighted by molar-refractivity contribution is 0.0950. The average Bonchev–Trinajstić information content (AvgIpc) is 2.97. The first-order valence-corrected chi connectivity index (χ1v) is 5.97. The van der Waals surface area contributed by atoms with Crippen LogP contribution in [-0.4, -0.2) is 27.4 Å². The molecule has 0 bridgehead atoms. The number of carbonyl (C=O) groups is 1. The van der Waals surface area contributed by atoms with Crippen molar-refractivity contribution >= 4 is 12.1 Å². The monoisotopic (exact) mass is 270 g/mol. The largest absolute Gasteiger partial charge is 0.507 e. The van der Waals surface area contributed by atoms with E-state index < -0.39 is 5.91 Å². The molecule has 1 aromatic heterocycles. The van der Waals surface area contributed by atoms with Crippen LogP contribution in [0.15, 0.2) is 48.2 Å². The van der Waals surface area contributed by atoms with E-state index in [-0.39, 0.29) is 5.75 Å². The molecule has 0 aliphatic carbocycles. The lowest BCUT2D eigenvalue weighted by atomic mass is 10.1. The first-order chi connectivity index (χ1) is 9.72. The summed E-state index contributed by atoms with van der Waals surface area (Å²) in [5, 5.41) is 20.0. The average molecular weight is 270 g/mol. The quantitative estimate of drug-likeness (QED) is 0.438. The van der Waals surface area contributed by atoms with Crippen LogP contribution in [0.5, 0.6) is 5.75 Å². The van der Waals surface area contributed by atoms with E-state index in [1.54, 1.807) is 24.3 Å². The Morgan fingerprint density at radius 2 is 2.35 bits per heavy atom. The molecule has 0 saturated heterocycles. The number of aromatic amines is 1. The summed E-state index contributed by atoms with van der Waals surface area (Å²) in [6, 6.07) is 6.84. The van der Waals surface area contributed by atoms with Crippen molar-refractivity contribution in [1.82, 2.24) is 15.6 Å². The number of hydrazone groups is 1. The van der Waals surface area contributed by atoms with Crippen molar-refractivity contribution in [2.24, 2.45) is 5.10 Å². The number of carbonyl (C=O) groups excluding carboxylic acids is 1. The molecule has 0 atom stereocenters. The summed E-state index contributed by atoms with van der Waals surface area (Å²) in [5.41, 5.74) is 3.93. The number of H-pyrrole nitrogens is 1. The second-order valence-corrected chi connectivity index (χ2v) is 4.02. The van der Waals surface area contributed by atoms with Crippen molar-refractivity contribution in [3.8, 4) is 5.75 Å². The summed E-state index contributed by atoms with van der Waals surface area (Å²) in [5.74, 6) is -0.271. The van der Waals surface area contributed by atoms with E-state index >= 15 is 0 Å². The van der Waals surface area contributed by atoms with Crippen LogP contribution in [0.25, 0.3) is 0 Å². The van der Waals surface area contributed by atoms with E-state index in [1.165, 1.54) is 18.5 Å². The van der Waals surface area contributed by atoms with Crippen LogP contribution < -0.4 is 5.43 Å². The molecule has 0 aliphatic heterocycles. The lowest BCUT2D eigenvalue weighted by Gasteiger charge is -2.04. The topological polar surface area (TPSA) is 90.4 Å². The van der Waals surface area contributed by atoms with Gasteiger partial charge in [-0.1, -0.05) is 18.2 Å². The summed E-state index contributed by atoms with van der Waals surface area (Å²) in [6.45, 7) is 3.63. The Morgan fingerprint density at radius 1 is 1.50 bits per heavy atom. The van der Waals surface area contributed by atoms with Gasteiger partial charge in [-0.25, -0.2) is 5.43 Å². The van der Waals surface area contributed by atoms with E-state index in [0.29, 0.717) is 17.7 Å². The molecule has 1 heterocycles. The molecule has 1 amide bonds. The number of rotatable bonds is 5. The molecule has 0 aliphatic rings. The maximum atomic E-state index is 11.6. The van der Waals surface area contributed by atoms with Crippen LogP contribution >= 0.6 is 0 Å². The van der Waals surface area contributed by atoms with Crippen molar-refractivity contribution < 1.29 is 9.90 Å². The Morgan fingerprint density at radius 3 is 3.05 bits per heavy atom. The van der Waals surface area contributed by atoms with Gasteiger partial charge in [-0.05, 0) is 24.1 Å². The molecule has 2 aromatic rings. The van der Waals surface area contributed by atoms with Crippen molar-refractivity contribution in [2.75, 3.05) is 0 Å². The van der Waals surface area contributed by atoms with Gasteiger partial charge in [-0.15, -0.1) is 6.58 Å². The number of hydrogen-bond donors (Lipinski definition) is 3. The van der Waals surface area contributed by atoms with E-state index in [1.807, 2.05) is 0 Å². The lowest BCUT2D eigenvalue weighted by Crippen LogP contribution is -2.18. The number of benzene rings is 1. The fourth-order valence-corrected chi connectivity index (χ4v) is 1.64. The Balaban J connectivity index is 2.06. The van der Waals surface area contributed by atoms with Gasteiger partial charge in [-0.2, -0.15) is 10.2 Å². The summed E-state index contributed by atoms with van der Waals surface area (Å²) < 4.78 is 0. The number of nitrogens with one attached hydrogen (secondary N) is 2. The number of hydrogen-bond acceptors (Lipinski definition) is 4. The molecular formula is C14H14N4O2. The maximum Gasteiger partial charge on any atom is 0.289 e. The maximum absolute atomic E-state index is 11.6. The molecule has 0 unspecified atom stereocenters. The number of aromatic nitrogens is 2. The molecule has 20 heavy (non-hydrogen) atoms. The van der Waals surface area contributed by atoms with Crippen molar-refractivity contribution in [3.05, 3.63) is 59.9 Å². The van der Waals surface area contributed by atoms with Crippen LogP contribution in [0.2, 0.25) is 0 Å². The van der Waals surface area contributed by atoms with Crippen molar-refractivity contribution in [3.63, 3.8) is 0 Å². The molecule has 0 radical (unpaired) electrons. The van der Waals surface area contributed by atoms with Gasteiger partial charge in [0.25, 0.3) is 5.91 Å². The second kappa shape index (κ2) is 6.33. The van der Waals surface area contributed by atoms with E-state index in [0.717, 1.165) is 5.56 Å². The van der Waals surface area contributed by atoms with Gasteiger partial charge in [0.1, 0.15) is 11.4 Å². The summed E-state index contributed by atoms with van der Waals surface area (Å²) in [7, 11) is 0. The normalized spacial score (nSPS) is 10.6. The summed E-state index contributed by atoms with van der Waals surface area (Å²) in [4.78, 5) is 11.6. The highest BCUT2D eigenvalue weighted by molar-refractivity contribution is 5.93. The third-order valence-corrected chi connectivity index (χ3v) is 2.63. The second-order valence-electron chi connectivity index (χ2n) is 4.02. The van der Waals surface area contributed by atoms with Crippen LogP contribution in [0.1, 0.15) is 21.6 Å². The molecule has 3 N–H and O–H groups in total. The number of aromatic hydroxyl groups is 1. The number of phenols is 1. The highest BCUT2D eigenvalue weighted by Gasteiger charge is 2.06. The minimum atomic E-state index is -0.402. The van der Waals surface area contributed by atoms with Gasteiger partial charge in [0.2, 0.25) is 0 Å². The van der Waals surface area contributed by atoms with Gasteiger partial charge in [0.15, 0.2) is 0 Å². The molecule has 0 saturated carbocycles. The summed E-state index contributed by atoms with van der Waals surface area (Å²) >= 11 is 0. The number of phenolic OH excluding ortho intramolecular Hbond substituents is 1. The Bertz CT molecular complexity index is 633. The fraction of sp³-hybridized carbons (Fsp3) is 0.0714. The zero-order valence-electron chi connectivity index (χ0n) is 10.7. The van der Waals surface area contributed by atoms with Crippen LogP contribution in [0.4, 0.5) is 0 Å². The van der Waals surface area contributed by atoms with Gasteiger partial charge in [0.05, 0.1) is 6.21 Å². The highest BCUT2D eigenvalue weighted by Crippen LogP contribution is 2.21. The van der Waals surface area contributed by atoms with Gasteiger partial charge in [-0.3, -0.25) is 9.89 Å². The molecule has 6 nitrogen and oxygen atoms in total. The van der Waals surface area contributed by atoms with E-state index in [4.69, 9.17) is 0 Å². The zero-order chi connectivity index (χ0) is 14.4. The molecule has 2 rings (SSSR count). The van der Waals surface area contributed by atoms with Gasteiger partial charge >= 0.3 is 0 Å². The van der Waals surface area contributed by atoms with Crippen molar-refractivity contribution in [2.45, 2.75) is 6.42 Å². The van der Waals surface area contributed by atoms with Crippen LogP contribution in [0.3, 0.4) is 0 Å². The number of para-hydroxylation sites is 1. The number of allylic oxidation sites excluding steroid dienone is 1. The predicted molar refractivity (Wildman–Crippen MR) is 75.7 cm³/mol. The Hall–Kier alpha value is -2.89. The third-order valence-electron chi connectivity index (χ3n) is 2.63. The molecular weight excluding hydrogens is 256 g/mol. The van der Waals surface area contributed by atoms with E-state index in [2.05, 4.69) is 27.3 Å². The SMILES string of the molecule is C=CCc1cccc(C=NNC(=O)c2ccn[nH]2)c1O. The van der Waals surface area contributed by atoms with Gasteiger partial charge in [0, 0.05) is 11.8 Å². The number of nitrogens with zero attached hydrogens (tertiary/aromatic N) is 2. The van der Waals surface area contributed by atoms with E-state index in [9.17, 15) is 9.90 Å². The highest BCUT2D eigenvalue weighted by atomic mass is 16.3. The first kappa shape index (κ1) is 13.5. The van der Waals surface area contributed by atoms with Gasteiger partial charge < -0.3 is 5.11 Å². The molecule has 102 valence electrons. The molecule has 1 aromatic carbocycles. The Kier molecular flexibility index (Phi) is 4.28. The minimum absolute atomic E-state index is 0.131. The standard InChI is InChI=1S/C14H14N4O2/c1-2-4-10-5-3-6-11(13(10)19)9-16-18-14(20)12-7-8-15-17-12/h2-3,5-9,19H,1,4H2,(H,15,17)(H,18,20). The minimum Gasteiger partial charge on any atom is -0.507 e.